The van der Waals surface area contributed by atoms with Crippen molar-refractivity contribution in [3.63, 3.8) is 0 Å². The monoisotopic (exact) mass is 566 g/mol. The van der Waals surface area contributed by atoms with E-state index >= 15 is 0 Å². The Labute approximate surface area is 243 Å². The SMILES string of the molecule is COc1ccccc1[C@H]1C(C(=O)O)[C@H](c2ccccc2OC)C1C(=O)Oc1cccc(-c2ccc3c(c2)OC(C)O3)c1. The molecule has 1 aliphatic heterocycles. The normalized spacial score (nSPS) is 22.1. The minimum absolute atomic E-state index is 0.347. The van der Waals surface area contributed by atoms with Crippen LogP contribution in [0.4, 0.5) is 0 Å². The smallest absolute Gasteiger partial charge is 0.315 e. The summed E-state index contributed by atoms with van der Waals surface area (Å²) in [6.45, 7) is 1.83. The third-order valence-corrected chi connectivity index (χ3v) is 8.02. The summed E-state index contributed by atoms with van der Waals surface area (Å²) in [5, 5.41) is 10.4. The number of carboxylic acids is 1. The zero-order valence-electron chi connectivity index (χ0n) is 23.4. The van der Waals surface area contributed by atoms with E-state index in [1.807, 2.05) is 55.5 Å². The van der Waals surface area contributed by atoms with Gasteiger partial charge in [0.15, 0.2) is 11.5 Å². The lowest BCUT2D eigenvalue weighted by molar-refractivity contribution is -0.158. The van der Waals surface area contributed by atoms with Crippen LogP contribution in [0.3, 0.4) is 0 Å². The van der Waals surface area contributed by atoms with Crippen molar-refractivity contribution >= 4 is 11.9 Å². The van der Waals surface area contributed by atoms with Gasteiger partial charge in [0.2, 0.25) is 6.29 Å². The Morgan fingerprint density at radius 2 is 1.29 bits per heavy atom. The van der Waals surface area contributed by atoms with Gasteiger partial charge < -0.3 is 28.8 Å². The number of carbonyl (C=O) groups excluding carboxylic acids is 1. The van der Waals surface area contributed by atoms with E-state index in [0.717, 1.165) is 11.1 Å². The first-order valence-corrected chi connectivity index (χ1v) is 13.7. The number of para-hydroxylation sites is 2. The van der Waals surface area contributed by atoms with Gasteiger partial charge in [0.05, 0.1) is 26.1 Å². The van der Waals surface area contributed by atoms with Crippen LogP contribution >= 0.6 is 0 Å². The van der Waals surface area contributed by atoms with Crippen LogP contribution in [0.2, 0.25) is 0 Å². The molecule has 4 aromatic rings. The Bertz CT molecular complexity index is 1590. The Morgan fingerprint density at radius 1 is 0.690 bits per heavy atom. The average molecular weight is 567 g/mol. The third-order valence-electron chi connectivity index (χ3n) is 8.02. The van der Waals surface area contributed by atoms with Gasteiger partial charge in [0.25, 0.3) is 0 Å². The number of esters is 1. The summed E-state index contributed by atoms with van der Waals surface area (Å²) in [7, 11) is 3.06. The molecule has 8 heteroatoms. The lowest BCUT2D eigenvalue weighted by Crippen LogP contribution is -2.52. The number of carboxylic acid groups (broad SMARTS) is 1. The van der Waals surface area contributed by atoms with Gasteiger partial charge in [-0.25, -0.2) is 0 Å². The van der Waals surface area contributed by atoms with Crippen LogP contribution in [-0.4, -0.2) is 37.6 Å². The third kappa shape index (κ3) is 4.79. The van der Waals surface area contributed by atoms with Crippen LogP contribution < -0.4 is 23.7 Å². The van der Waals surface area contributed by atoms with Gasteiger partial charge in [-0.15, -0.1) is 0 Å². The summed E-state index contributed by atoms with van der Waals surface area (Å²) >= 11 is 0. The molecule has 1 unspecified atom stereocenters. The molecule has 42 heavy (non-hydrogen) atoms. The maximum absolute atomic E-state index is 14.0. The summed E-state index contributed by atoms with van der Waals surface area (Å²) in [6.07, 6.45) is -0.355. The number of methoxy groups -OCH3 is 2. The van der Waals surface area contributed by atoms with Crippen molar-refractivity contribution < 1.29 is 38.4 Å². The Morgan fingerprint density at radius 3 is 1.90 bits per heavy atom. The molecule has 0 aromatic heterocycles. The van der Waals surface area contributed by atoms with Crippen LogP contribution in [0.25, 0.3) is 11.1 Å². The molecule has 0 bridgehead atoms. The van der Waals surface area contributed by atoms with Crippen LogP contribution in [0.1, 0.15) is 29.9 Å². The van der Waals surface area contributed by atoms with Crippen molar-refractivity contribution in [1.82, 2.24) is 0 Å². The molecule has 1 heterocycles. The molecule has 1 fully saturated rings. The van der Waals surface area contributed by atoms with Crippen LogP contribution in [0.15, 0.2) is 91.0 Å². The number of aliphatic carboxylic acids is 1. The standard InChI is InChI=1S/C34H30O8/c1-19-40-27-16-15-21(18-28(27)41-19)20-9-8-10-22(17-20)42-34(37)32-29(23-11-4-6-13-25(23)38-2)31(33(35)36)30(32)24-12-5-7-14-26(24)39-3/h4-19,29-32H,1-3H3,(H,35,36)/t19?,29-,30-,31?,32?/m0/s1. The zero-order valence-corrected chi connectivity index (χ0v) is 23.4. The topological polar surface area (TPSA) is 101 Å². The second-order valence-electron chi connectivity index (χ2n) is 10.3. The van der Waals surface area contributed by atoms with E-state index in [2.05, 4.69) is 0 Å². The van der Waals surface area contributed by atoms with Gasteiger partial charge in [-0.3, -0.25) is 9.59 Å². The molecule has 214 valence electrons. The fourth-order valence-electron chi connectivity index (χ4n) is 6.19. The molecule has 1 saturated carbocycles. The molecule has 1 aliphatic carbocycles. The predicted molar refractivity (Wildman–Crippen MR) is 154 cm³/mol. The van der Waals surface area contributed by atoms with E-state index in [0.29, 0.717) is 39.9 Å². The molecule has 0 saturated heterocycles. The molecule has 0 radical (unpaired) electrons. The maximum atomic E-state index is 14.0. The van der Waals surface area contributed by atoms with Crippen molar-refractivity contribution in [1.29, 1.82) is 0 Å². The van der Waals surface area contributed by atoms with Gasteiger partial charge >= 0.3 is 11.9 Å². The quantitative estimate of drug-likeness (QED) is 0.196. The van der Waals surface area contributed by atoms with Gasteiger partial charge in [-0.05, 0) is 58.7 Å². The Kier molecular flexibility index (Phi) is 7.20. The van der Waals surface area contributed by atoms with Gasteiger partial charge in [-0.1, -0.05) is 54.6 Å². The average Bonchev–Trinajstić information content (AvgIpc) is 3.36. The summed E-state index contributed by atoms with van der Waals surface area (Å²) in [5.41, 5.74) is 2.98. The highest BCUT2D eigenvalue weighted by Crippen LogP contribution is 2.60. The Hall–Kier alpha value is -4.98. The number of benzene rings is 4. The number of ether oxygens (including phenoxy) is 5. The molecule has 3 atom stereocenters. The number of hydrogen-bond donors (Lipinski definition) is 1. The summed E-state index contributed by atoms with van der Waals surface area (Å²) in [4.78, 5) is 26.8. The number of fused-ring (bicyclic) bond motifs is 1. The highest BCUT2D eigenvalue weighted by molar-refractivity contribution is 5.86. The second-order valence-corrected chi connectivity index (χ2v) is 10.3. The molecule has 0 spiro atoms. The van der Waals surface area contributed by atoms with Crippen molar-refractivity contribution in [3.05, 3.63) is 102 Å². The minimum atomic E-state index is -1.01. The number of carbonyl (C=O) groups is 2. The second kappa shape index (κ2) is 11.1. The fourth-order valence-corrected chi connectivity index (χ4v) is 6.19. The minimum Gasteiger partial charge on any atom is -0.496 e. The lowest BCUT2D eigenvalue weighted by Gasteiger charge is -2.49. The predicted octanol–water partition coefficient (Wildman–Crippen LogP) is 6.29. The first-order chi connectivity index (χ1) is 20.4. The molecule has 1 N–H and O–H groups in total. The van der Waals surface area contributed by atoms with Crippen LogP contribution in [-0.2, 0) is 9.59 Å². The fraction of sp³-hybridized carbons (Fsp3) is 0.235. The van der Waals surface area contributed by atoms with Crippen LogP contribution in [0.5, 0.6) is 28.7 Å². The first kappa shape index (κ1) is 27.2. The molecule has 4 aromatic carbocycles. The van der Waals surface area contributed by atoms with E-state index in [-0.39, 0.29) is 6.29 Å². The van der Waals surface area contributed by atoms with Crippen LogP contribution in [0, 0.1) is 11.8 Å². The summed E-state index contributed by atoms with van der Waals surface area (Å²) in [5.74, 6) is -1.91. The van der Waals surface area contributed by atoms with Crippen molar-refractivity contribution in [2.24, 2.45) is 11.8 Å². The van der Waals surface area contributed by atoms with Gasteiger partial charge in [0, 0.05) is 18.8 Å². The maximum Gasteiger partial charge on any atom is 0.315 e. The molecular weight excluding hydrogens is 536 g/mol. The summed E-state index contributed by atoms with van der Waals surface area (Å²) in [6, 6.07) is 27.2. The van der Waals surface area contributed by atoms with Gasteiger partial charge in [0.1, 0.15) is 17.2 Å². The van der Waals surface area contributed by atoms with E-state index in [1.54, 1.807) is 42.5 Å². The van der Waals surface area contributed by atoms with Gasteiger partial charge in [-0.2, -0.15) is 0 Å². The van der Waals surface area contributed by atoms with E-state index in [9.17, 15) is 14.7 Å². The number of rotatable bonds is 8. The highest BCUT2D eigenvalue weighted by Gasteiger charge is 2.60. The van der Waals surface area contributed by atoms with E-state index in [4.69, 9.17) is 23.7 Å². The highest BCUT2D eigenvalue weighted by atomic mass is 16.7. The van der Waals surface area contributed by atoms with E-state index in [1.165, 1.54) is 14.2 Å². The number of hydrogen-bond acceptors (Lipinski definition) is 7. The first-order valence-electron chi connectivity index (χ1n) is 13.7. The van der Waals surface area contributed by atoms with E-state index < -0.39 is 35.6 Å². The summed E-state index contributed by atoms with van der Waals surface area (Å²) < 4.78 is 28.5. The molecule has 8 nitrogen and oxygen atoms in total. The lowest BCUT2D eigenvalue weighted by atomic mass is 9.52. The largest absolute Gasteiger partial charge is 0.496 e. The zero-order chi connectivity index (χ0) is 29.4. The van der Waals surface area contributed by atoms with Crippen molar-refractivity contribution in [3.8, 4) is 39.9 Å². The Balaban J connectivity index is 1.36. The van der Waals surface area contributed by atoms with Crippen molar-refractivity contribution in [2.45, 2.75) is 25.0 Å². The molecular formula is C34H30O8. The molecule has 6 rings (SSSR count). The molecule has 0 amide bonds. The van der Waals surface area contributed by atoms with Crippen molar-refractivity contribution in [2.75, 3.05) is 14.2 Å². The molecule has 2 aliphatic rings.